The van der Waals surface area contributed by atoms with Gasteiger partial charge in [-0.3, -0.25) is 4.98 Å². The average molecular weight is 320 g/mol. The third-order valence-electron chi connectivity index (χ3n) is 3.52. The van der Waals surface area contributed by atoms with E-state index in [-0.39, 0.29) is 0 Å². The quantitative estimate of drug-likeness (QED) is 0.674. The van der Waals surface area contributed by atoms with Crippen molar-refractivity contribution in [2.45, 2.75) is 6.10 Å². The molecule has 3 rings (SSSR count). The second-order valence-electron chi connectivity index (χ2n) is 5.07. The summed E-state index contributed by atoms with van der Waals surface area (Å²) in [5.41, 5.74) is 2.11. The highest BCUT2D eigenvalue weighted by Gasteiger charge is 2.20. The number of methoxy groups -OCH3 is 1. The molecule has 0 N–H and O–H groups in total. The van der Waals surface area contributed by atoms with Crippen molar-refractivity contribution in [3.8, 4) is 5.88 Å². The molecule has 2 heterocycles. The molecule has 2 aromatic heterocycles. The third-order valence-corrected chi connectivity index (χ3v) is 3.52. The number of nitrogens with zero attached hydrogens (tertiary/aromatic N) is 2. The van der Waals surface area contributed by atoms with Crippen LogP contribution in [0.25, 0.3) is 0 Å². The van der Waals surface area contributed by atoms with E-state index in [1.54, 1.807) is 24.5 Å². The van der Waals surface area contributed by atoms with Crippen LogP contribution < -0.4 is 4.74 Å². The van der Waals surface area contributed by atoms with E-state index in [1.165, 1.54) is 13.3 Å². The number of aromatic nitrogens is 2. The van der Waals surface area contributed by atoms with Gasteiger partial charge in [0, 0.05) is 30.2 Å². The van der Waals surface area contributed by atoms with E-state index in [0.717, 1.165) is 11.1 Å². The van der Waals surface area contributed by atoms with Gasteiger partial charge in [-0.05, 0) is 23.8 Å². The molecule has 24 heavy (non-hydrogen) atoms. The number of benzene rings is 1. The second-order valence-corrected chi connectivity index (χ2v) is 5.07. The average Bonchev–Trinajstić information content (AvgIpc) is 2.67. The van der Waals surface area contributed by atoms with Gasteiger partial charge in [0.25, 0.3) is 0 Å². The molecule has 1 aromatic carbocycles. The second kappa shape index (κ2) is 7.37. The zero-order valence-electron chi connectivity index (χ0n) is 13.1. The first kappa shape index (κ1) is 15.7. The lowest BCUT2D eigenvalue weighted by molar-refractivity contribution is 0.0377. The number of carbonyl (C=O) groups is 1. The molecule has 0 bridgehead atoms. The summed E-state index contributed by atoms with van der Waals surface area (Å²) in [5, 5.41) is 0. The lowest BCUT2D eigenvalue weighted by atomic mass is 10.0. The highest BCUT2D eigenvalue weighted by molar-refractivity contribution is 5.89. The zero-order chi connectivity index (χ0) is 16.8. The Morgan fingerprint density at radius 2 is 1.67 bits per heavy atom. The van der Waals surface area contributed by atoms with Gasteiger partial charge < -0.3 is 9.47 Å². The minimum Gasteiger partial charge on any atom is -0.481 e. The van der Waals surface area contributed by atoms with E-state index in [4.69, 9.17) is 9.47 Å². The van der Waals surface area contributed by atoms with Gasteiger partial charge in [0.1, 0.15) is 0 Å². The van der Waals surface area contributed by atoms with Crippen LogP contribution in [-0.4, -0.2) is 23.0 Å². The van der Waals surface area contributed by atoms with Gasteiger partial charge in [-0.1, -0.05) is 30.3 Å². The van der Waals surface area contributed by atoms with Crippen LogP contribution in [0.2, 0.25) is 0 Å². The molecule has 3 aromatic rings. The maximum absolute atomic E-state index is 12.5. The molecule has 0 amide bonds. The summed E-state index contributed by atoms with van der Waals surface area (Å²) in [5.74, 6) is -0.00360. The SMILES string of the molecule is COc1ccc(C(=O)OC(c2ccccc2)c2ccncc2)cn1. The summed E-state index contributed by atoms with van der Waals surface area (Å²) in [6, 6.07) is 16.5. The number of carbonyl (C=O) groups excluding carboxylic acids is 1. The Kier molecular flexibility index (Phi) is 4.81. The minimum absolute atomic E-state index is 0.366. The maximum atomic E-state index is 12.5. The van der Waals surface area contributed by atoms with Gasteiger partial charge in [0.2, 0.25) is 5.88 Å². The standard InChI is InChI=1S/C19H16N2O3/c1-23-17-8-7-16(13-21-17)19(22)24-18(14-5-3-2-4-6-14)15-9-11-20-12-10-15/h2-13,18H,1H3. The molecular formula is C19H16N2O3. The van der Waals surface area contributed by atoms with E-state index in [9.17, 15) is 4.79 Å². The van der Waals surface area contributed by atoms with Crippen LogP contribution >= 0.6 is 0 Å². The Balaban J connectivity index is 1.87. The molecule has 5 heteroatoms. The first-order chi connectivity index (χ1) is 11.8. The summed E-state index contributed by atoms with van der Waals surface area (Å²) in [7, 11) is 1.52. The van der Waals surface area contributed by atoms with Gasteiger partial charge >= 0.3 is 5.97 Å². The van der Waals surface area contributed by atoms with Crippen molar-refractivity contribution in [1.29, 1.82) is 0 Å². The Labute approximate surface area is 139 Å². The van der Waals surface area contributed by atoms with Gasteiger partial charge in [-0.15, -0.1) is 0 Å². The highest BCUT2D eigenvalue weighted by Crippen LogP contribution is 2.26. The fourth-order valence-electron chi connectivity index (χ4n) is 2.29. The van der Waals surface area contributed by atoms with Crippen molar-refractivity contribution in [3.63, 3.8) is 0 Å². The molecule has 1 atom stereocenters. The molecule has 0 fully saturated rings. The number of hydrogen-bond donors (Lipinski definition) is 0. The summed E-state index contributed by atoms with van der Waals surface area (Å²) >= 11 is 0. The van der Waals surface area contributed by atoms with Crippen molar-refractivity contribution < 1.29 is 14.3 Å². The van der Waals surface area contributed by atoms with Gasteiger partial charge in [-0.2, -0.15) is 0 Å². The molecule has 0 radical (unpaired) electrons. The van der Waals surface area contributed by atoms with Crippen LogP contribution in [-0.2, 0) is 4.74 Å². The van der Waals surface area contributed by atoms with Crippen molar-refractivity contribution in [2.75, 3.05) is 7.11 Å². The number of pyridine rings is 2. The molecule has 0 aliphatic carbocycles. The Bertz CT molecular complexity index is 750. The predicted octanol–water partition coefficient (Wildman–Crippen LogP) is 3.43. The normalized spacial score (nSPS) is 11.5. The number of hydrogen-bond acceptors (Lipinski definition) is 5. The van der Waals surface area contributed by atoms with Crippen LogP contribution in [0.4, 0.5) is 0 Å². The van der Waals surface area contributed by atoms with Crippen LogP contribution in [0.5, 0.6) is 5.88 Å². The summed E-state index contributed by atoms with van der Waals surface area (Å²) in [6.45, 7) is 0. The Morgan fingerprint density at radius 1 is 0.958 bits per heavy atom. The topological polar surface area (TPSA) is 61.3 Å². The molecule has 0 saturated heterocycles. The lowest BCUT2D eigenvalue weighted by Crippen LogP contribution is -2.13. The lowest BCUT2D eigenvalue weighted by Gasteiger charge is -2.18. The molecule has 1 unspecified atom stereocenters. The minimum atomic E-state index is -0.510. The first-order valence-electron chi connectivity index (χ1n) is 7.44. The fraction of sp³-hybridized carbons (Fsp3) is 0.105. The third kappa shape index (κ3) is 3.57. The Hall–Kier alpha value is -3.21. The molecule has 0 saturated carbocycles. The van der Waals surface area contributed by atoms with Crippen molar-refractivity contribution in [2.24, 2.45) is 0 Å². The monoisotopic (exact) mass is 320 g/mol. The number of esters is 1. The Morgan fingerprint density at radius 3 is 2.29 bits per heavy atom. The number of rotatable bonds is 5. The fourth-order valence-corrected chi connectivity index (χ4v) is 2.29. The van der Waals surface area contributed by atoms with Crippen LogP contribution in [0.1, 0.15) is 27.6 Å². The van der Waals surface area contributed by atoms with E-state index in [2.05, 4.69) is 9.97 Å². The van der Waals surface area contributed by atoms with Gasteiger partial charge in [0.15, 0.2) is 6.10 Å². The van der Waals surface area contributed by atoms with Crippen LogP contribution in [0.3, 0.4) is 0 Å². The smallest absolute Gasteiger partial charge is 0.340 e. The summed E-state index contributed by atoms with van der Waals surface area (Å²) < 4.78 is 10.7. The van der Waals surface area contributed by atoms with Crippen LogP contribution in [0, 0.1) is 0 Å². The van der Waals surface area contributed by atoms with E-state index < -0.39 is 12.1 Å². The van der Waals surface area contributed by atoms with E-state index in [0.29, 0.717) is 11.4 Å². The summed E-state index contributed by atoms with van der Waals surface area (Å²) in [4.78, 5) is 20.5. The van der Waals surface area contributed by atoms with Gasteiger partial charge in [0.05, 0.1) is 12.7 Å². The van der Waals surface area contributed by atoms with Crippen molar-refractivity contribution in [3.05, 3.63) is 89.9 Å². The predicted molar refractivity (Wildman–Crippen MR) is 88.7 cm³/mol. The van der Waals surface area contributed by atoms with Crippen molar-refractivity contribution in [1.82, 2.24) is 9.97 Å². The zero-order valence-corrected chi connectivity index (χ0v) is 13.1. The number of ether oxygens (including phenoxy) is 2. The van der Waals surface area contributed by atoms with Gasteiger partial charge in [-0.25, -0.2) is 9.78 Å². The molecule has 0 aliphatic rings. The molecule has 0 aliphatic heterocycles. The summed E-state index contributed by atoms with van der Waals surface area (Å²) in [6.07, 6.45) is 4.28. The van der Waals surface area contributed by atoms with E-state index in [1.807, 2.05) is 42.5 Å². The maximum Gasteiger partial charge on any atom is 0.340 e. The molecular weight excluding hydrogens is 304 g/mol. The molecule has 5 nitrogen and oxygen atoms in total. The van der Waals surface area contributed by atoms with E-state index >= 15 is 0 Å². The molecule has 120 valence electrons. The molecule has 0 spiro atoms. The first-order valence-corrected chi connectivity index (χ1v) is 7.44. The van der Waals surface area contributed by atoms with Crippen LogP contribution in [0.15, 0.2) is 73.2 Å². The highest BCUT2D eigenvalue weighted by atomic mass is 16.5. The van der Waals surface area contributed by atoms with Crippen molar-refractivity contribution >= 4 is 5.97 Å². The largest absolute Gasteiger partial charge is 0.481 e.